The lowest BCUT2D eigenvalue weighted by atomic mass is 10.1. The second kappa shape index (κ2) is 5.50. The third-order valence-corrected chi connectivity index (χ3v) is 3.39. The van der Waals surface area contributed by atoms with E-state index in [2.05, 4.69) is 29.8 Å². The first-order valence-corrected chi connectivity index (χ1v) is 6.57. The van der Waals surface area contributed by atoms with Gasteiger partial charge in [0.25, 0.3) is 0 Å². The van der Waals surface area contributed by atoms with E-state index in [1.54, 1.807) is 0 Å². The number of ether oxygens (including phenoxy) is 1. The van der Waals surface area contributed by atoms with E-state index < -0.39 is 0 Å². The van der Waals surface area contributed by atoms with Crippen molar-refractivity contribution in [1.29, 1.82) is 0 Å². The fourth-order valence-electron chi connectivity index (χ4n) is 2.59. The van der Waals surface area contributed by atoms with Gasteiger partial charge >= 0.3 is 0 Å². The number of aromatic nitrogens is 1. The van der Waals surface area contributed by atoms with Crippen molar-refractivity contribution < 1.29 is 4.74 Å². The van der Waals surface area contributed by atoms with Crippen molar-refractivity contribution in [1.82, 2.24) is 9.88 Å². The van der Waals surface area contributed by atoms with E-state index in [1.807, 2.05) is 19.2 Å². The molecule has 2 heterocycles. The molecule has 3 heteroatoms. The Bertz CT molecular complexity index is 348. The molecule has 17 heavy (non-hydrogen) atoms. The minimum atomic E-state index is 0.540. The zero-order valence-electron chi connectivity index (χ0n) is 11.0. The van der Waals surface area contributed by atoms with Gasteiger partial charge in [-0.15, -0.1) is 0 Å². The lowest BCUT2D eigenvalue weighted by molar-refractivity contribution is 0.205. The molecule has 0 bridgehead atoms. The van der Waals surface area contributed by atoms with Crippen LogP contribution in [0.15, 0.2) is 18.3 Å². The number of hydrogen-bond donors (Lipinski definition) is 0. The molecule has 0 aliphatic carbocycles. The molecule has 0 aromatic carbocycles. The quantitative estimate of drug-likeness (QED) is 0.800. The van der Waals surface area contributed by atoms with Gasteiger partial charge in [0.2, 0.25) is 5.88 Å². The highest BCUT2D eigenvalue weighted by atomic mass is 16.5. The Labute approximate surface area is 104 Å². The van der Waals surface area contributed by atoms with Gasteiger partial charge < -0.3 is 4.74 Å². The van der Waals surface area contributed by atoms with Crippen LogP contribution in [0.2, 0.25) is 0 Å². The molecule has 0 saturated carbocycles. The maximum absolute atomic E-state index is 5.37. The summed E-state index contributed by atoms with van der Waals surface area (Å²) in [7, 11) is 0. The molecule has 94 valence electrons. The van der Waals surface area contributed by atoms with E-state index in [4.69, 9.17) is 4.74 Å². The van der Waals surface area contributed by atoms with E-state index in [0.717, 1.165) is 5.88 Å². The Morgan fingerprint density at radius 1 is 1.47 bits per heavy atom. The molecule has 1 unspecified atom stereocenters. The molecular weight excluding hydrogens is 212 g/mol. The van der Waals surface area contributed by atoms with Gasteiger partial charge in [-0.2, -0.15) is 0 Å². The highest BCUT2D eigenvalue weighted by Gasteiger charge is 2.27. The molecule has 3 nitrogen and oxygen atoms in total. The van der Waals surface area contributed by atoms with Gasteiger partial charge in [-0.25, -0.2) is 4.98 Å². The van der Waals surface area contributed by atoms with Crippen molar-refractivity contribution in [3.63, 3.8) is 0 Å². The van der Waals surface area contributed by atoms with Crippen LogP contribution in [0.1, 0.15) is 45.2 Å². The highest BCUT2D eigenvalue weighted by molar-refractivity contribution is 5.21. The van der Waals surface area contributed by atoms with Crippen molar-refractivity contribution in [2.75, 3.05) is 13.2 Å². The molecule has 1 aromatic heterocycles. The van der Waals surface area contributed by atoms with Crippen molar-refractivity contribution in [2.24, 2.45) is 0 Å². The van der Waals surface area contributed by atoms with Gasteiger partial charge in [0.1, 0.15) is 0 Å². The summed E-state index contributed by atoms with van der Waals surface area (Å²) >= 11 is 0. The Hall–Kier alpha value is -1.09. The van der Waals surface area contributed by atoms with Crippen LogP contribution in [0.25, 0.3) is 0 Å². The van der Waals surface area contributed by atoms with E-state index in [-0.39, 0.29) is 0 Å². The molecule has 1 aromatic rings. The topological polar surface area (TPSA) is 25.4 Å². The molecule has 1 fully saturated rings. The Balaban J connectivity index is 2.11. The lowest BCUT2D eigenvalue weighted by Crippen LogP contribution is -2.30. The molecule has 1 aliphatic heterocycles. The fourth-order valence-corrected chi connectivity index (χ4v) is 2.59. The zero-order valence-corrected chi connectivity index (χ0v) is 11.0. The number of pyridine rings is 1. The molecule has 0 spiro atoms. The third kappa shape index (κ3) is 2.78. The molecule has 0 N–H and O–H groups in total. The number of rotatable bonds is 4. The summed E-state index contributed by atoms with van der Waals surface area (Å²) < 4.78 is 5.37. The Morgan fingerprint density at radius 2 is 2.29 bits per heavy atom. The van der Waals surface area contributed by atoms with E-state index in [0.29, 0.717) is 18.7 Å². The van der Waals surface area contributed by atoms with Crippen LogP contribution in [-0.2, 0) is 0 Å². The summed E-state index contributed by atoms with van der Waals surface area (Å²) in [5.41, 5.74) is 1.32. The van der Waals surface area contributed by atoms with E-state index >= 15 is 0 Å². The van der Waals surface area contributed by atoms with Gasteiger partial charge in [0.15, 0.2) is 0 Å². The minimum Gasteiger partial charge on any atom is -0.478 e. The highest BCUT2D eigenvalue weighted by Crippen LogP contribution is 2.33. The van der Waals surface area contributed by atoms with Gasteiger partial charge in [0.05, 0.1) is 6.61 Å². The molecule has 2 rings (SSSR count). The van der Waals surface area contributed by atoms with Crippen LogP contribution in [0.3, 0.4) is 0 Å². The molecule has 1 aliphatic rings. The number of nitrogens with zero attached hydrogens (tertiary/aromatic N) is 2. The average molecular weight is 234 g/mol. The van der Waals surface area contributed by atoms with Crippen LogP contribution < -0.4 is 4.74 Å². The van der Waals surface area contributed by atoms with Crippen molar-refractivity contribution in [3.8, 4) is 5.88 Å². The fraction of sp³-hybridized carbons (Fsp3) is 0.643. The van der Waals surface area contributed by atoms with Gasteiger partial charge in [-0.05, 0) is 45.7 Å². The first-order chi connectivity index (χ1) is 8.22. The number of likely N-dealkylation sites (tertiary alicyclic amines) is 1. The second-order valence-corrected chi connectivity index (χ2v) is 4.85. The Kier molecular flexibility index (Phi) is 4.00. The molecule has 0 amide bonds. The molecule has 0 radical (unpaired) electrons. The summed E-state index contributed by atoms with van der Waals surface area (Å²) in [5.74, 6) is 0.727. The molecule has 1 atom stereocenters. The van der Waals surface area contributed by atoms with Crippen LogP contribution in [0, 0.1) is 0 Å². The van der Waals surface area contributed by atoms with Gasteiger partial charge in [-0.1, -0.05) is 6.07 Å². The largest absolute Gasteiger partial charge is 0.478 e. The normalized spacial score (nSPS) is 21.1. The van der Waals surface area contributed by atoms with Crippen molar-refractivity contribution in [2.45, 2.75) is 45.7 Å². The first kappa shape index (κ1) is 12.4. The number of hydrogen-bond acceptors (Lipinski definition) is 3. The SMILES string of the molecule is CCOc1ccc(C2CCCN2C(C)C)cn1. The van der Waals surface area contributed by atoms with Crippen LogP contribution in [0.4, 0.5) is 0 Å². The summed E-state index contributed by atoms with van der Waals surface area (Å²) in [6.07, 6.45) is 4.50. The third-order valence-electron chi connectivity index (χ3n) is 3.39. The predicted molar refractivity (Wildman–Crippen MR) is 69.2 cm³/mol. The zero-order chi connectivity index (χ0) is 12.3. The predicted octanol–water partition coefficient (Wildman–Crippen LogP) is 3.03. The van der Waals surface area contributed by atoms with Crippen molar-refractivity contribution >= 4 is 0 Å². The van der Waals surface area contributed by atoms with Crippen LogP contribution >= 0.6 is 0 Å². The van der Waals surface area contributed by atoms with E-state index in [1.165, 1.54) is 24.9 Å². The summed E-state index contributed by atoms with van der Waals surface area (Å²) in [4.78, 5) is 6.91. The van der Waals surface area contributed by atoms with Crippen LogP contribution in [-0.4, -0.2) is 29.1 Å². The average Bonchev–Trinajstić information content (AvgIpc) is 2.79. The van der Waals surface area contributed by atoms with Crippen molar-refractivity contribution in [3.05, 3.63) is 23.9 Å². The smallest absolute Gasteiger partial charge is 0.213 e. The first-order valence-electron chi connectivity index (χ1n) is 6.57. The van der Waals surface area contributed by atoms with E-state index in [9.17, 15) is 0 Å². The lowest BCUT2D eigenvalue weighted by Gasteiger charge is -2.28. The summed E-state index contributed by atoms with van der Waals surface area (Å²) in [6.45, 7) is 8.39. The summed E-state index contributed by atoms with van der Waals surface area (Å²) in [5, 5.41) is 0. The molecular formula is C14H22N2O. The maximum Gasteiger partial charge on any atom is 0.213 e. The van der Waals surface area contributed by atoms with Crippen LogP contribution in [0.5, 0.6) is 5.88 Å². The summed E-state index contributed by atoms with van der Waals surface area (Å²) in [6, 6.07) is 5.28. The maximum atomic E-state index is 5.37. The Morgan fingerprint density at radius 3 is 2.88 bits per heavy atom. The van der Waals surface area contributed by atoms with Gasteiger partial charge in [-0.3, -0.25) is 4.90 Å². The monoisotopic (exact) mass is 234 g/mol. The second-order valence-electron chi connectivity index (χ2n) is 4.85. The minimum absolute atomic E-state index is 0.540. The van der Waals surface area contributed by atoms with Gasteiger partial charge in [0, 0.05) is 24.3 Å². The molecule has 1 saturated heterocycles. The standard InChI is InChI=1S/C14H22N2O/c1-4-17-14-8-7-12(10-15-14)13-6-5-9-16(13)11(2)3/h7-8,10-11,13H,4-6,9H2,1-3H3.